The zero-order chi connectivity index (χ0) is 52.9. The number of rotatable bonds is 52. The summed E-state index contributed by atoms with van der Waals surface area (Å²) in [7, 11) is 0. The minimum absolute atomic E-state index is 0.0918. The number of carbonyl (C=O) groups is 3. The quantitative estimate of drug-likeness (QED) is 0.0261. The van der Waals surface area contributed by atoms with Crippen molar-refractivity contribution in [3.8, 4) is 0 Å². The molecule has 0 rings (SSSR count). The fraction of sp³-hybridized carbons (Fsp3) is 0.627. The van der Waals surface area contributed by atoms with Gasteiger partial charge in [0.25, 0.3) is 0 Å². The predicted molar refractivity (Wildman–Crippen MR) is 316 cm³/mol. The van der Waals surface area contributed by atoms with Crippen LogP contribution >= 0.6 is 0 Å². The van der Waals surface area contributed by atoms with Crippen LogP contribution in [-0.2, 0) is 28.6 Å². The van der Waals surface area contributed by atoms with Gasteiger partial charge in [-0.25, -0.2) is 0 Å². The van der Waals surface area contributed by atoms with Gasteiger partial charge in [-0.2, -0.15) is 0 Å². The molecular formula is C67H108O6. The van der Waals surface area contributed by atoms with E-state index in [9.17, 15) is 14.4 Å². The van der Waals surface area contributed by atoms with Crippen LogP contribution in [0.15, 0.2) is 134 Å². The summed E-state index contributed by atoms with van der Waals surface area (Å²) in [5, 5.41) is 0. The third-order valence-electron chi connectivity index (χ3n) is 12.1. The molecule has 1 atom stereocenters. The summed E-state index contributed by atoms with van der Waals surface area (Å²) >= 11 is 0. The van der Waals surface area contributed by atoms with Gasteiger partial charge in [-0.3, -0.25) is 14.4 Å². The molecule has 0 heterocycles. The van der Waals surface area contributed by atoms with E-state index < -0.39 is 6.10 Å². The van der Waals surface area contributed by atoms with Crippen molar-refractivity contribution in [2.24, 2.45) is 0 Å². The summed E-state index contributed by atoms with van der Waals surface area (Å²) in [5.74, 6) is -0.941. The highest BCUT2D eigenvalue weighted by molar-refractivity contribution is 5.71. The fourth-order valence-corrected chi connectivity index (χ4v) is 7.70. The first kappa shape index (κ1) is 68.6. The Labute approximate surface area is 449 Å². The average Bonchev–Trinajstić information content (AvgIpc) is 3.39. The maximum atomic E-state index is 12.8. The Kier molecular flexibility index (Phi) is 56.4. The SMILES string of the molecule is CC/C=C\C/C=C\C/C=C\C/C=C\C/C=C\C/C=C\C/C=C\C/C=C\C/C=C\C/C=C\CCCCCCC(=O)OCC(COC(=O)CCCCCCCC)OC(=O)CCCCCCC/C=C\CCCCCCC. The summed E-state index contributed by atoms with van der Waals surface area (Å²) in [6, 6.07) is 0. The highest BCUT2D eigenvalue weighted by Gasteiger charge is 2.19. The van der Waals surface area contributed by atoms with E-state index in [1.807, 2.05) is 0 Å². The standard InChI is InChI=1S/C67H108O6/c1-4-7-10-13-16-18-20-22-24-25-26-27-28-29-30-31-32-33-34-35-36-37-38-39-40-41-42-43-44-46-47-49-51-54-57-60-66(69)72-63-64(62-71-65(68)59-56-53-15-12-9-6-3)73-67(70)61-58-55-52-50-48-45-23-21-19-17-14-11-8-5-2/h7,10,16,18,21-24,26-27,29-30,32-33,35-36,38-39,41-42,44,46,64H,4-6,8-9,11-15,17,19-20,25,28,31,34,37,40,43,45,47-63H2,1-3H3/b10-7-,18-16-,23-21-,24-22-,27-26-,30-29-,33-32-,36-35-,39-38-,42-41-,46-44-. The minimum Gasteiger partial charge on any atom is -0.462 e. The Bertz CT molecular complexity index is 1580. The van der Waals surface area contributed by atoms with Crippen LogP contribution in [-0.4, -0.2) is 37.2 Å². The molecule has 1 unspecified atom stereocenters. The van der Waals surface area contributed by atoms with Gasteiger partial charge in [-0.15, -0.1) is 0 Å². The molecule has 0 radical (unpaired) electrons. The van der Waals surface area contributed by atoms with Crippen molar-refractivity contribution in [2.75, 3.05) is 13.2 Å². The number of hydrogen-bond acceptors (Lipinski definition) is 6. The molecule has 0 amide bonds. The van der Waals surface area contributed by atoms with Crippen molar-refractivity contribution < 1.29 is 28.6 Å². The summed E-state index contributed by atoms with van der Waals surface area (Å²) < 4.78 is 16.7. The molecule has 0 saturated carbocycles. The number of hydrogen-bond donors (Lipinski definition) is 0. The highest BCUT2D eigenvalue weighted by Crippen LogP contribution is 2.13. The van der Waals surface area contributed by atoms with Crippen molar-refractivity contribution >= 4 is 17.9 Å². The minimum atomic E-state index is -0.792. The van der Waals surface area contributed by atoms with Crippen LogP contribution in [0.1, 0.15) is 252 Å². The molecule has 0 fully saturated rings. The molecule has 0 spiro atoms. The molecule has 412 valence electrons. The molecule has 0 aromatic heterocycles. The molecule has 6 nitrogen and oxygen atoms in total. The van der Waals surface area contributed by atoms with Gasteiger partial charge in [-0.05, 0) is 122 Å². The van der Waals surface area contributed by atoms with Crippen molar-refractivity contribution in [1.29, 1.82) is 0 Å². The molecule has 73 heavy (non-hydrogen) atoms. The molecule has 0 aromatic rings. The molecule has 6 heteroatoms. The molecule has 0 bridgehead atoms. The average molecular weight is 1010 g/mol. The second-order valence-corrected chi connectivity index (χ2v) is 19.2. The van der Waals surface area contributed by atoms with Crippen LogP contribution in [0.3, 0.4) is 0 Å². The van der Waals surface area contributed by atoms with E-state index in [1.54, 1.807) is 0 Å². The Morgan fingerprint density at radius 3 is 0.849 bits per heavy atom. The predicted octanol–water partition coefficient (Wildman–Crippen LogP) is 20.2. The maximum absolute atomic E-state index is 12.8. The summed E-state index contributed by atoms with van der Waals surface area (Å²) in [6.07, 6.45) is 84.8. The molecule has 0 aliphatic rings. The van der Waals surface area contributed by atoms with Gasteiger partial charge in [0.1, 0.15) is 13.2 Å². The van der Waals surface area contributed by atoms with E-state index in [4.69, 9.17) is 14.2 Å². The number of carbonyl (C=O) groups excluding carboxylic acids is 3. The van der Waals surface area contributed by atoms with Gasteiger partial charge >= 0.3 is 17.9 Å². The van der Waals surface area contributed by atoms with E-state index in [0.29, 0.717) is 19.3 Å². The van der Waals surface area contributed by atoms with Crippen molar-refractivity contribution in [3.63, 3.8) is 0 Å². The van der Waals surface area contributed by atoms with E-state index >= 15 is 0 Å². The summed E-state index contributed by atoms with van der Waals surface area (Å²) in [6.45, 7) is 6.41. The first-order valence-electron chi connectivity index (χ1n) is 29.7. The van der Waals surface area contributed by atoms with Crippen molar-refractivity contribution in [1.82, 2.24) is 0 Å². The lowest BCUT2D eigenvalue weighted by molar-refractivity contribution is -0.167. The van der Waals surface area contributed by atoms with E-state index in [0.717, 1.165) is 148 Å². The number of esters is 3. The van der Waals surface area contributed by atoms with Gasteiger partial charge in [0.05, 0.1) is 0 Å². The maximum Gasteiger partial charge on any atom is 0.306 e. The molecule has 0 N–H and O–H groups in total. The second-order valence-electron chi connectivity index (χ2n) is 19.2. The summed E-state index contributed by atoms with van der Waals surface area (Å²) in [5.41, 5.74) is 0. The highest BCUT2D eigenvalue weighted by atomic mass is 16.6. The van der Waals surface area contributed by atoms with E-state index in [-0.39, 0.29) is 31.1 Å². The molecule has 0 aliphatic heterocycles. The first-order valence-corrected chi connectivity index (χ1v) is 29.7. The van der Waals surface area contributed by atoms with E-state index in [1.165, 1.54) is 64.2 Å². The smallest absolute Gasteiger partial charge is 0.306 e. The number of ether oxygens (including phenoxy) is 3. The normalized spacial score (nSPS) is 13.1. The van der Waals surface area contributed by atoms with Crippen molar-refractivity contribution in [2.45, 2.75) is 258 Å². The third kappa shape index (κ3) is 58.3. The summed E-state index contributed by atoms with van der Waals surface area (Å²) in [4.78, 5) is 37.8. The molecule has 0 saturated heterocycles. The van der Waals surface area contributed by atoms with Crippen LogP contribution in [0.5, 0.6) is 0 Å². The lowest BCUT2D eigenvalue weighted by Gasteiger charge is -2.18. The fourth-order valence-electron chi connectivity index (χ4n) is 7.70. The Morgan fingerprint density at radius 2 is 0.534 bits per heavy atom. The molecule has 0 aliphatic carbocycles. The Balaban J connectivity index is 4.16. The topological polar surface area (TPSA) is 78.9 Å². The Hall–Kier alpha value is -4.45. The third-order valence-corrected chi connectivity index (χ3v) is 12.1. The first-order chi connectivity index (χ1) is 36.0. The van der Waals surface area contributed by atoms with Crippen molar-refractivity contribution in [3.05, 3.63) is 134 Å². The van der Waals surface area contributed by atoms with Crippen LogP contribution in [0.25, 0.3) is 0 Å². The van der Waals surface area contributed by atoms with Gasteiger partial charge in [0.2, 0.25) is 0 Å². The van der Waals surface area contributed by atoms with Crippen LogP contribution in [0.2, 0.25) is 0 Å². The number of allylic oxidation sites excluding steroid dienone is 22. The molecule has 0 aromatic carbocycles. The largest absolute Gasteiger partial charge is 0.462 e. The van der Waals surface area contributed by atoms with Gasteiger partial charge in [0, 0.05) is 19.3 Å². The zero-order valence-electron chi connectivity index (χ0n) is 47.1. The van der Waals surface area contributed by atoms with Gasteiger partial charge in [-0.1, -0.05) is 244 Å². The van der Waals surface area contributed by atoms with Crippen LogP contribution < -0.4 is 0 Å². The Morgan fingerprint density at radius 1 is 0.288 bits per heavy atom. The number of unbranched alkanes of at least 4 members (excludes halogenated alkanes) is 19. The van der Waals surface area contributed by atoms with Gasteiger partial charge in [0.15, 0.2) is 6.10 Å². The zero-order valence-corrected chi connectivity index (χ0v) is 47.1. The van der Waals surface area contributed by atoms with E-state index in [2.05, 4.69) is 154 Å². The lowest BCUT2D eigenvalue weighted by Crippen LogP contribution is -2.30. The van der Waals surface area contributed by atoms with Crippen LogP contribution in [0, 0.1) is 0 Å². The van der Waals surface area contributed by atoms with Crippen LogP contribution in [0.4, 0.5) is 0 Å². The van der Waals surface area contributed by atoms with Gasteiger partial charge < -0.3 is 14.2 Å². The lowest BCUT2D eigenvalue weighted by atomic mass is 10.1. The second kappa shape index (κ2) is 60.1. The monoisotopic (exact) mass is 1010 g/mol. The molecular weight excluding hydrogens is 901 g/mol.